The van der Waals surface area contributed by atoms with Gasteiger partial charge in [0.25, 0.3) is 0 Å². The number of rotatable bonds is 0. The van der Waals surface area contributed by atoms with Crippen molar-refractivity contribution in [3.8, 4) is 0 Å². The van der Waals surface area contributed by atoms with Crippen molar-refractivity contribution in [3.63, 3.8) is 0 Å². The van der Waals surface area contributed by atoms with Crippen LogP contribution in [0.15, 0.2) is 0 Å². The summed E-state index contributed by atoms with van der Waals surface area (Å²) >= 11 is 0. The molecule has 5 heavy (non-hydrogen) atoms. The molecular weight excluding hydrogens is 182 g/mol. The fourth-order valence-electron chi connectivity index (χ4n) is 0. The van der Waals surface area contributed by atoms with E-state index in [9.17, 15) is 0 Å². The Labute approximate surface area is 67.3 Å². The minimum absolute atomic E-state index is 0. The first-order chi connectivity index (χ1) is 0. The van der Waals surface area contributed by atoms with Gasteiger partial charge in [0.05, 0.1) is 0 Å². The van der Waals surface area contributed by atoms with E-state index in [0.29, 0.717) is 0 Å². The van der Waals surface area contributed by atoms with Crippen molar-refractivity contribution < 1.29 is 17.1 Å². The van der Waals surface area contributed by atoms with E-state index < -0.39 is 0 Å². The molecule has 0 aliphatic carbocycles. The van der Waals surface area contributed by atoms with E-state index in [1.165, 1.54) is 0 Å². The van der Waals surface area contributed by atoms with Gasteiger partial charge in [-0.25, -0.2) is 0 Å². The van der Waals surface area contributed by atoms with Gasteiger partial charge in [-0.05, 0) is 0 Å². The van der Waals surface area contributed by atoms with Gasteiger partial charge in [-0.15, -0.1) is 0 Å². The Morgan fingerprint density at radius 2 is 0.800 bits per heavy atom. The van der Waals surface area contributed by atoms with Gasteiger partial charge < -0.3 is 13.5 Å². The second-order valence-electron chi connectivity index (χ2n) is 0. The molecular formula is H7MnPS3. The molecule has 37 valence electrons. The van der Waals surface area contributed by atoms with E-state index in [1.54, 1.807) is 0 Å². The normalized spacial score (nSPS) is 0. The molecule has 0 amide bonds. The zero-order valence-electron chi connectivity index (χ0n) is 2.49. The summed E-state index contributed by atoms with van der Waals surface area (Å²) in [5, 5.41) is 0. The van der Waals surface area contributed by atoms with Gasteiger partial charge in [-0.2, -0.15) is 36.9 Å². The SMILES string of the molecule is P.S.S.[Mn+2].[S-2]. The molecule has 0 rings (SSSR count). The monoisotopic (exact) mass is 189 g/mol. The molecule has 0 aromatic carbocycles. The van der Waals surface area contributed by atoms with Crippen LogP contribution in [-0.2, 0) is 30.6 Å². The number of hydrogen-bond acceptors (Lipinski definition) is 0. The zero-order valence-corrected chi connectivity index (χ0v) is 7.90. The summed E-state index contributed by atoms with van der Waals surface area (Å²) in [7, 11) is 0. The molecule has 1 unspecified atom stereocenters. The average molecular weight is 189 g/mol. The Bertz CT molecular complexity index is 6.85. The topological polar surface area (TPSA) is 0 Å². The molecule has 0 aliphatic heterocycles. The second kappa shape index (κ2) is 37.5. The maximum atomic E-state index is 0. The van der Waals surface area contributed by atoms with Crippen molar-refractivity contribution in [1.82, 2.24) is 0 Å². The van der Waals surface area contributed by atoms with Crippen molar-refractivity contribution in [1.29, 1.82) is 0 Å². The number of hydrogen-bond donors (Lipinski definition) is 0. The van der Waals surface area contributed by atoms with Crippen molar-refractivity contribution in [2.45, 2.75) is 0 Å². The predicted octanol–water partition coefficient (Wildman–Crippen LogP) is 0.279. The third-order valence-corrected chi connectivity index (χ3v) is 0. The van der Waals surface area contributed by atoms with Gasteiger partial charge in [0.2, 0.25) is 0 Å². The average Bonchev–Trinajstić information content (AvgIpc) is 0. The van der Waals surface area contributed by atoms with Crippen molar-refractivity contribution in [3.05, 3.63) is 0 Å². The van der Waals surface area contributed by atoms with Gasteiger partial charge in [-0.1, -0.05) is 0 Å². The predicted molar refractivity (Wildman–Crippen MR) is 39.2 cm³/mol. The molecule has 0 fully saturated rings. The summed E-state index contributed by atoms with van der Waals surface area (Å²) in [4.78, 5) is 0. The minimum atomic E-state index is 0. The molecule has 0 aromatic heterocycles. The fraction of sp³-hybridized carbons (Fsp3) is 0. The van der Waals surface area contributed by atoms with Gasteiger partial charge >= 0.3 is 17.1 Å². The van der Waals surface area contributed by atoms with Crippen LogP contribution in [-0.4, -0.2) is 0 Å². The van der Waals surface area contributed by atoms with Crippen LogP contribution in [0.4, 0.5) is 0 Å². The van der Waals surface area contributed by atoms with Crippen LogP contribution in [0.1, 0.15) is 0 Å². The van der Waals surface area contributed by atoms with Gasteiger partial charge in [0.15, 0.2) is 0 Å². The molecule has 0 nitrogen and oxygen atoms in total. The van der Waals surface area contributed by atoms with Gasteiger partial charge in [0.1, 0.15) is 0 Å². The molecule has 0 bridgehead atoms. The zero-order chi connectivity index (χ0) is 0. The van der Waals surface area contributed by atoms with Crippen LogP contribution >= 0.6 is 36.9 Å². The first-order valence-corrected chi connectivity index (χ1v) is 0. The maximum absolute atomic E-state index is 0. The van der Waals surface area contributed by atoms with Crippen molar-refractivity contribution in [2.75, 3.05) is 0 Å². The standard InChI is InChI=1S/Mn.H3P.2H2S.S/h;1H3;2*1H2;/q+2;;;;-2. The molecule has 0 N–H and O–H groups in total. The van der Waals surface area contributed by atoms with Crippen LogP contribution < -0.4 is 0 Å². The molecule has 1 radical (unpaired) electrons. The first kappa shape index (κ1) is 63.0. The summed E-state index contributed by atoms with van der Waals surface area (Å²) in [6.45, 7) is 0. The van der Waals surface area contributed by atoms with Crippen LogP contribution in [0.2, 0.25) is 0 Å². The molecule has 0 aliphatic rings. The Balaban J connectivity index is 0. The third-order valence-electron chi connectivity index (χ3n) is 0. The molecule has 0 aromatic rings. The van der Waals surface area contributed by atoms with E-state index in [2.05, 4.69) is 0 Å². The fourth-order valence-corrected chi connectivity index (χ4v) is 0. The molecule has 0 heterocycles. The summed E-state index contributed by atoms with van der Waals surface area (Å²) < 4.78 is 0. The van der Waals surface area contributed by atoms with Crippen LogP contribution in [0.3, 0.4) is 0 Å². The maximum Gasteiger partial charge on any atom is 2.00 e. The summed E-state index contributed by atoms with van der Waals surface area (Å²) in [5.74, 6) is 0. The smallest absolute Gasteiger partial charge is 2.00 e. The summed E-state index contributed by atoms with van der Waals surface area (Å²) in [6.07, 6.45) is 0. The van der Waals surface area contributed by atoms with E-state index in [0.717, 1.165) is 0 Å². The van der Waals surface area contributed by atoms with Crippen molar-refractivity contribution in [2.24, 2.45) is 0 Å². The van der Waals surface area contributed by atoms with Crippen LogP contribution in [0.25, 0.3) is 0 Å². The molecule has 0 saturated heterocycles. The molecule has 5 heteroatoms. The van der Waals surface area contributed by atoms with Crippen LogP contribution in [0, 0.1) is 0 Å². The second-order valence-corrected chi connectivity index (χ2v) is 0. The van der Waals surface area contributed by atoms with E-state index in [-0.39, 0.29) is 67.5 Å². The third kappa shape index (κ3) is 24.0. The Morgan fingerprint density at radius 1 is 0.800 bits per heavy atom. The van der Waals surface area contributed by atoms with E-state index in [4.69, 9.17) is 0 Å². The Kier molecular flexibility index (Phi) is 473. The summed E-state index contributed by atoms with van der Waals surface area (Å²) in [5.41, 5.74) is 0. The van der Waals surface area contributed by atoms with Crippen LogP contribution in [0.5, 0.6) is 0 Å². The Morgan fingerprint density at radius 3 is 0.800 bits per heavy atom. The quantitative estimate of drug-likeness (QED) is 0.379. The first-order valence-electron chi connectivity index (χ1n) is 0. The molecule has 0 saturated carbocycles. The summed E-state index contributed by atoms with van der Waals surface area (Å²) in [6, 6.07) is 0. The van der Waals surface area contributed by atoms with E-state index in [1.807, 2.05) is 0 Å². The van der Waals surface area contributed by atoms with E-state index >= 15 is 0 Å². The minimum Gasteiger partial charge on any atom is -2.00 e. The largest absolute Gasteiger partial charge is 2.00 e. The van der Waals surface area contributed by atoms with Crippen molar-refractivity contribution >= 4 is 50.4 Å². The van der Waals surface area contributed by atoms with Gasteiger partial charge in [-0.3, -0.25) is 0 Å². The molecule has 1 atom stereocenters. The Hall–Kier alpha value is 2.00. The molecule has 0 spiro atoms. The van der Waals surface area contributed by atoms with Gasteiger partial charge in [0, 0.05) is 0 Å².